The van der Waals surface area contributed by atoms with Gasteiger partial charge in [-0.05, 0) is 13.0 Å². The second kappa shape index (κ2) is 5.96. The van der Waals surface area contributed by atoms with Gasteiger partial charge >= 0.3 is 0 Å². The van der Waals surface area contributed by atoms with Crippen molar-refractivity contribution >= 4 is 11.7 Å². The molecule has 0 bridgehead atoms. The maximum Gasteiger partial charge on any atom is 0.272 e. The number of aromatic nitrogens is 4. The summed E-state index contributed by atoms with van der Waals surface area (Å²) in [6.07, 6.45) is 1.79. The molecule has 8 heteroatoms. The van der Waals surface area contributed by atoms with E-state index in [1.165, 1.54) is 13.0 Å². The van der Waals surface area contributed by atoms with E-state index in [0.29, 0.717) is 25.4 Å². The van der Waals surface area contributed by atoms with Gasteiger partial charge in [0.15, 0.2) is 5.78 Å². The Morgan fingerprint density at radius 2 is 2.22 bits per heavy atom. The van der Waals surface area contributed by atoms with Crippen LogP contribution < -0.4 is 0 Å². The molecule has 0 radical (unpaired) electrons. The molecule has 2 aromatic rings. The van der Waals surface area contributed by atoms with Crippen molar-refractivity contribution in [1.29, 1.82) is 0 Å². The highest BCUT2D eigenvalue weighted by Crippen LogP contribution is 2.26. The predicted octanol–water partition coefficient (Wildman–Crippen LogP) is 1.17. The predicted molar refractivity (Wildman–Crippen MR) is 81.0 cm³/mol. The fraction of sp³-hybridized carbons (Fsp3) is 0.467. The molecular formula is C15H19N5O3. The summed E-state index contributed by atoms with van der Waals surface area (Å²) in [5.74, 6) is 0.481. The standard InChI is InChI=1S/C15H19N5O3/c1-9-14-16-7-11(8-23-3)20(14)5-4-19(9)15(22)13-6-12(10(2)21)17-18-13/h6-7,9H,4-5,8H2,1-3H3,(H,17,18). The van der Waals surface area contributed by atoms with Crippen molar-refractivity contribution in [3.8, 4) is 0 Å². The molecule has 8 nitrogen and oxygen atoms in total. The number of rotatable bonds is 4. The molecule has 1 aliphatic rings. The Morgan fingerprint density at radius 1 is 1.43 bits per heavy atom. The summed E-state index contributed by atoms with van der Waals surface area (Å²) in [6, 6.07) is 1.33. The Balaban J connectivity index is 1.83. The van der Waals surface area contributed by atoms with Crippen LogP contribution in [0, 0.1) is 0 Å². The Kier molecular flexibility index (Phi) is 3.99. The van der Waals surface area contributed by atoms with E-state index in [0.717, 1.165) is 11.5 Å². The van der Waals surface area contributed by atoms with E-state index in [2.05, 4.69) is 19.7 Å². The van der Waals surface area contributed by atoms with Crippen molar-refractivity contribution in [1.82, 2.24) is 24.6 Å². The smallest absolute Gasteiger partial charge is 0.272 e. The zero-order chi connectivity index (χ0) is 16.6. The lowest BCUT2D eigenvalue weighted by molar-refractivity contribution is 0.0626. The number of amides is 1. The summed E-state index contributed by atoms with van der Waals surface area (Å²) in [5.41, 5.74) is 1.59. The molecule has 3 heterocycles. The zero-order valence-electron chi connectivity index (χ0n) is 13.4. The minimum Gasteiger partial charge on any atom is -0.378 e. The third-order valence-corrected chi connectivity index (χ3v) is 4.10. The van der Waals surface area contributed by atoms with Crippen LogP contribution in [0.3, 0.4) is 0 Å². The molecule has 1 amide bonds. The molecule has 3 rings (SSSR count). The molecule has 0 aromatic carbocycles. The highest BCUT2D eigenvalue weighted by atomic mass is 16.5. The van der Waals surface area contributed by atoms with Crippen LogP contribution in [0.4, 0.5) is 0 Å². The molecule has 0 aliphatic carbocycles. The summed E-state index contributed by atoms with van der Waals surface area (Å²) < 4.78 is 7.26. The number of H-pyrrole nitrogens is 1. The van der Waals surface area contributed by atoms with Gasteiger partial charge in [0.2, 0.25) is 0 Å². The molecule has 0 spiro atoms. The van der Waals surface area contributed by atoms with Crippen LogP contribution in [0.5, 0.6) is 0 Å². The Hall–Kier alpha value is -2.48. The molecule has 0 saturated carbocycles. The first kappa shape index (κ1) is 15.4. The minimum absolute atomic E-state index is 0.161. The lowest BCUT2D eigenvalue weighted by Gasteiger charge is -2.34. The number of hydrogen-bond acceptors (Lipinski definition) is 5. The van der Waals surface area contributed by atoms with Crippen molar-refractivity contribution in [2.45, 2.75) is 33.0 Å². The second-order valence-electron chi connectivity index (χ2n) is 5.59. The summed E-state index contributed by atoms with van der Waals surface area (Å²) >= 11 is 0. The van der Waals surface area contributed by atoms with Crippen LogP contribution in [0.1, 0.15) is 52.4 Å². The first-order valence-corrected chi connectivity index (χ1v) is 7.43. The second-order valence-corrected chi connectivity index (χ2v) is 5.59. The van der Waals surface area contributed by atoms with Gasteiger partial charge in [0, 0.05) is 27.1 Å². The largest absolute Gasteiger partial charge is 0.378 e. The van der Waals surface area contributed by atoms with E-state index in [-0.39, 0.29) is 23.4 Å². The molecule has 122 valence electrons. The van der Waals surface area contributed by atoms with Gasteiger partial charge in [-0.25, -0.2) is 4.98 Å². The quantitative estimate of drug-likeness (QED) is 0.855. The third-order valence-electron chi connectivity index (χ3n) is 4.10. The molecule has 23 heavy (non-hydrogen) atoms. The van der Waals surface area contributed by atoms with Crippen LogP contribution in [-0.2, 0) is 17.9 Å². The molecule has 1 aliphatic heterocycles. The van der Waals surface area contributed by atoms with E-state index in [1.54, 1.807) is 18.2 Å². The number of ether oxygens (including phenoxy) is 1. The van der Waals surface area contributed by atoms with Gasteiger partial charge in [-0.15, -0.1) is 0 Å². The van der Waals surface area contributed by atoms with E-state index in [9.17, 15) is 9.59 Å². The molecule has 2 aromatic heterocycles. The summed E-state index contributed by atoms with van der Waals surface area (Å²) in [4.78, 5) is 30.1. The van der Waals surface area contributed by atoms with Gasteiger partial charge in [-0.3, -0.25) is 14.7 Å². The van der Waals surface area contributed by atoms with Crippen molar-refractivity contribution in [2.75, 3.05) is 13.7 Å². The monoisotopic (exact) mass is 317 g/mol. The number of hydrogen-bond donors (Lipinski definition) is 1. The van der Waals surface area contributed by atoms with Crippen LogP contribution in [0.15, 0.2) is 12.3 Å². The number of carbonyl (C=O) groups is 2. The number of nitrogens with zero attached hydrogens (tertiary/aromatic N) is 4. The Labute approximate surface area is 133 Å². The number of fused-ring (bicyclic) bond motifs is 1. The molecule has 1 atom stereocenters. The van der Waals surface area contributed by atoms with Crippen molar-refractivity contribution in [3.63, 3.8) is 0 Å². The number of Topliss-reactive ketones (excluding diaryl/α,β-unsaturated/α-hetero) is 1. The van der Waals surface area contributed by atoms with Crippen LogP contribution in [0.2, 0.25) is 0 Å². The summed E-state index contributed by atoms with van der Waals surface area (Å²) in [6.45, 7) is 5.08. The highest BCUT2D eigenvalue weighted by molar-refractivity contribution is 5.97. The molecule has 0 saturated heterocycles. The first-order chi connectivity index (χ1) is 11.0. The lowest BCUT2D eigenvalue weighted by Crippen LogP contribution is -2.41. The van der Waals surface area contributed by atoms with Crippen molar-refractivity contribution in [3.05, 3.63) is 35.2 Å². The van der Waals surface area contributed by atoms with Gasteiger partial charge in [-0.1, -0.05) is 0 Å². The molecule has 1 unspecified atom stereocenters. The van der Waals surface area contributed by atoms with Crippen molar-refractivity contribution < 1.29 is 14.3 Å². The summed E-state index contributed by atoms with van der Waals surface area (Å²) in [5, 5.41) is 6.51. The van der Waals surface area contributed by atoms with Gasteiger partial charge < -0.3 is 14.2 Å². The van der Waals surface area contributed by atoms with Gasteiger partial charge in [0.05, 0.1) is 24.5 Å². The first-order valence-electron chi connectivity index (χ1n) is 7.43. The van der Waals surface area contributed by atoms with Crippen molar-refractivity contribution in [2.24, 2.45) is 0 Å². The number of ketones is 1. The SMILES string of the molecule is COCc1cnc2n1CCN(C(=O)c1cc(C(C)=O)n[nH]1)C2C. The van der Waals surface area contributed by atoms with E-state index >= 15 is 0 Å². The topological polar surface area (TPSA) is 93.1 Å². The van der Waals surface area contributed by atoms with E-state index in [4.69, 9.17) is 4.74 Å². The Morgan fingerprint density at radius 3 is 2.87 bits per heavy atom. The highest BCUT2D eigenvalue weighted by Gasteiger charge is 2.31. The van der Waals surface area contributed by atoms with Gasteiger partial charge in [0.25, 0.3) is 5.91 Å². The molecule has 1 N–H and O–H groups in total. The van der Waals surface area contributed by atoms with Crippen LogP contribution in [0.25, 0.3) is 0 Å². The fourth-order valence-electron chi connectivity index (χ4n) is 2.87. The number of methoxy groups -OCH3 is 1. The third kappa shape index (κ3) is 2.65. The van der Waals surface area contributed by atoms with Gasteiger partial charge in [-0.2, -0.15) is 5.10 Å². The van der Waals surface area contributed by atoms with Crippen LogP contribution in [-0.4, -0.2) is 50.0 Å². The van der Waals surface area contributed by atoms with E-state index < -0.39 is 0 Å². The zero-order valence-corrected chi connectivity index (χ0v) is 13.4. The Bertz CT molecular complexity index is 748. The minimum atomic E-state index is -0.181. The number of aromatic amines is 1. The number of imidazole rings is 1. The molecular weight excluding hydrogens is 298 g/mol. The normalized spacial score (nSPS) is 17.2. The van der Waals surface area contributed by atoms with Gasteiger partial charge in [0.1, 0.15) is 17.2 Å². The average molecular weight is 317 g/mol. The average Bonchev–Trinajstić information content (AvgIpc) is 3.15. The maximum absolute atomic E-state index is 12.7. The molecule has 0 fully saturated rings. The number of nitrogens with one attached hydrogen (secondary N) is 1. The maximum atomic E-state index is 12.7. The van der Waals surface area contributed by atoms with Crippen LogP contribution >= 0.6 is 0 Å². The fourth-order valence-corrected chi connectivity index (χ4v) is 2.87. The lowest BCUT2D eigenvalue weighted by atomic mass is 10.2. The number of carbonyl (C=O) groups excluding carboxylic acids is 2. The van der Waals surface area contributed by atoms with E-state index in [1.807, 2.05) is 6.92 Å². The summed E-state index contributed by atoms with van der Waals surface area (Å²) in [7, 11) is 1.65.